The summed E-state index contributed by atoms with van der Waals surface area (Å²) in [4.78, 5) is 21.4. The van der Waals surface area contributed by atoms with Crippen LogP contribution in [0.5, 0.6) is 0 Å². The fourth-order valence-corrected chi connectivity index (χ4v) is 3.42. The number of nitrogens with one attached hydrogen (secondary N) is 1. The van der Waals surface area contributed by atoms with E-state index in [2.05, 4.69) is 32.8 Å². The number of aromatic nitrogens is 2. The summed E-state index contributed by atoms with van der Waals surface area (Å²) in [6, 6.07) is 6.96. The lowest BCUT2D eigenvalue weighted by Crippen LogP contribution is -2.37. The Bertz CT molecular complexity index is 798. The molecule has 2 unspecified atom stereocenters. The summed E-state index contributed by atoms with van der Waals surface area (Å²) in [5.41, 5.74) is 0.365. The molecule has 0 saturated carbocycles. The number of aromatic amines is 1. The zero-order valence-electron chi connectivity index (χ0n) is 15.3. The first-order chi connectivity index (χ1) is 12.1. The van der Waals surface area contributed by atoms with Crippen molar-refractivity contribution in [2.75, 3.05) is 6.54 Å². The van der Waals surface area contributed by atoms with E-state index in [4.69, 9.17) is 4.74 Å². The van der Waals surface area contributed by atoms with Gasteiger partial charge in [0.2, 0.25) is 5.95 Å². The van der Waals surface area contributed by atoms with Gasteiger partial charge in [0, 0.05) is 16.6 Å². The van der Waals surface area contributed by atoms with Crippen LogP contribution in [0, 0.1) is 11.9 Å². The van der Waals surface area contributed by atoms with E-state index in [-0.39, 0.29) is 17.7 Å². The number of ether oxygens (including phenoxy) is 1. The zero-order valence-corrected chi connectivity index (χ0v) is 16.9. The molecular weight excluding hydrogens is 401 g/mol. The topological polar surface area (TPSA) is 58.2 Å². The largest absolute Gasteiger partial charge is 0.444 e. The van der Waals surface area contributed by atoms with Gasteiger partial charge in [-0.15, -0.1) is 0 Å². The molecule has 2 aromatic rings. The number of benzene rings is 1. The van der Waals surface area contributed by atoms with Crippen LogP contribution in [0.25, 0.3) is 11.3 Å². The highest BCUT2D eigenvalue weighted by Crippen LogP contribution is 2.36. The molecule has 7 heteroatoms. The van der Waals surface area contributed by atoms with Gasteiger partial charge in [0.05, 0.1) is 6.04 Å². The van der Waals surface area contributed by atoms with Gasteiger partial charge in [0.25, 0.3) is 0 Å². The van der Waals surface area contributed by atoms with Crippen LogP contribution >= 0.6 is 15.9 Å². The molecule has 0 spiro atoms. The van der Waals surface area contributed by atoms with Crippen LogP contribution < -0.4 is 0 Å². The number of H-pyrrole nitrogens is 1. The zero-order chi connectivity index (χ0) is 19.1. The van der Waals surface area contributed by atoms with Crippen LogP contribution in [0.4, 0.5) is 9.18 Å². The van der Waals surface area contributed by atoms with Crippen molar-refractivity contribution in [3.05, 3.63) is 40.5 Å². The quantitative estimate of drug-likeness (QED) is 0.712. The number of rotatable bonds is 2. The van der Waals surface area contributed by atoms with E-state index in [1.165, 1.54) is 0 Å². The Morgan fingerprint density at radius 3 is 2.62 bits per heavy atom. The molecular formula is C19H23BrFN3O2. The van der Waals surface area contributed by atoms with E-state index < -0.39 is 17.6 Å². The van der Waals surface area contributed by atoms with Gasteiger partial charge in [0.1, 0.15) is 17.1 Å². The molecule has 26 heavy (non-hydrogen) atoms. The minimum atomic E-state index is -0.579. The molecule has 1 saturated heterocycles. The van der Waals surface area contributed by atoms with Gasteiger partial charge >= 0.3 is 6.09 Å². The minimum absolute atomic E-state index is 0.260. The summed E-state index contributed by atoms with van der Waals surface area (Å²) in [7, 11) is 0. The molecule has 1 aromatic carbocycles. The van der Waals surface area contributed by atoms with Crippen molar-refractivity contribution in [2.24, 2.45) is 5.92 Å². The molecule has 0 aliphatic carbocycles. The van der Waals surface area contributed by atoms with Gasteiger partial charge < -0.3 is 9.72 Å². The monoisotopic (exact) mass is 423 g/mol. The van der Waals surface area contributed by atoms with Crippen LogP contribution in [0.3, 0.4) is 0 Å². The first-order valence-corrected chi connectivity index (χ1v) is 9.44. The van der Waals surface area contributed by atoms with Gasteiger partial charge in [-0.05, 0) is 45.2 Å². The number of carbonyl (C=O) groups excluding carboxylic acids is 1. The van der Waals surface area contributed by atoms with E-state index in [9.17, 15) is 9.18 Å². The summed E-state index contributed by atoms with van der Waals surface area (Å²) in [6.07, 6.45) is 0.320. The fourth-order valence-electron chi connectivity index (χ4n) is 3.15. The average molecular weight is 424 g/mol. The molecule has 5 nitrogen and oxygen atoms in total. The molecule has 0 radical (unpaired) electrons. The minimum Gasteiger partial charge on any atom is -0.444 e. The second-order valence-electron chi connectivity index (χ2n) is 7.78. The number of amides is 1. The third-order valence-electron chi connectivity index (χ3n) is 4.25. The van der Waals surface area contributed by atoms with Crippen molar-refractivity contribution in [2.45, 2.75) is 45.8 Å². The number of hydrogen-bond acceptors (Lipinski definition) is 3. The van der Waals surface area contributed by atoms with E-state index in [1.807, 2.05) is 32.9 Å². The van der Waals surface area contributed by atoms with E-state index in [0.29, 0.717) is 24.4 Å². The highest BCUT2D eigenvalue weighted by molar-refractivity contribution is 9.10. The fraction of sp³-hybridized carbons (Fsp3) is 0.474. The first-order valence-electron chi connectivity index (χ1n) is 8.65. The molecule has 1 aromatic heterocycles. The first kappa shape index (κ1) is 18.9. The smallest absolute Gasteiger partial charge is 0.410 e. The third-order valence-corrected chi connectivity index (χ3v) is 4.78. The lowest BCUT2D eigenvalue weighted by molar-refractivity contribution is 0.0214. The summed E-state index contributed by atoms with van der Waals surface area (Å²) in [5.74, 6) is 0.249. The standard InChI is InChI=1S/C19H23BrFN3O2/c1-11-9-14(24(10-11)18(25)26-19(2,3)4)17-22-15(16(21)23-17)12-5-7-13(20)8-6-12/h5-8,11,14H,9-10H2,1-4H3,(H,22,23). The SMILES string of the molecule is CC1CC(c2nc(-c3ccc(Br)cc3)c(F)[nH]2)N(C(=O)OC(C)(C)C)C1. The maximum Gasteiger partial charge on any atom is 0.410 e. The lowest BCUT2D eigenvalue weighted by atomic mass is 10.1. The number of nitrogens with zero attached hydrogens (tertiary/aromatic N) is 2. The average Bonchev–Trinajstić information content (AvgIpc) is 3.09. The Morgan fingerprint density at radius 1 is 1.35 bits per heavy atom. The summed E-state index contributed by atoms with van der Waals surface area (Å²) in [6.45, 7) is 8.12. The molecule has 2 heterocycles. The summed E-state index contributed by atoms with van der Waals surface area (Å²) in [5, 5.41) is 0. The molecule has 1 N–H and O–H groups in total. The molecule has 0 bridgehead atoms. The maximum atomic E-state index is 14.5. The van der Waals surface area contributed by atoms with E-state index in [1.54, 1.807) is 17.0 Å². The summed E-state index contributed by atoms with van der Waals surface area (Å²) < 4.78 is 20.9. The molecule has 1 aliphatic rings. The number of carbonyl (C=O) groups is 1. The van der Waals surface area contributed by atoms with Crippen molar-refractivity contribution in [1.29, 1.82) is 0 Å². The third kappa shape index (κ3) is 4.09. The van der Waals surface area contributed by atoms with Crippen molar-refractivity contribution in [3.63, 3.8) is 0 Å². The molecule has 1 fully saturated rings. The Balaban J connectivity index is 1.88. The Kier molecular flexibility index (Phi) is 5.10. The molecule has 1 amide bonds. The normalized spacial score (nSPS) is 20.5. The molecule has 3 rings (SSSR count). The highest BCUT2D eigenvalue weighted by Gasteiger charge is 2.38. The van der Waals surface area contributed by atoms with Crippen molar-refractivity contribution >= 4 is 22.0 Å². The van der Waals surface area contributed by atoms with Gasteiger partial charge in [-0.1, -0.05) is 35.0 Å². The van der Waals surface area contributed by atoms with Gasteiger partial charge in [-0.3, -0.25) is 4.90 Å². The van der Waals surface area contributed by atoms with Crippen LogP contribution in [0.15, 0.2) is 28.7 Å². The lowest BCUT2D eigenvalue weighted by Gasteiger charge is -2.27. The summed E-state index contributed by atoms with van der Waals surface area (Å²) >= 11 is 3.37. The van der Waals surface area contributed by atoms with Crippen LogP contribution in [-0.4, -0.2) is 33.1 Å². The predicted octanol–water partition coefficient (Wildman–Crippen LogP) is 5.30. The Labute approximate surface area is 161 Å². The Hall–Kier alpha value is -1.89. The van der Waals surface area contributed by atoms with Crippen molar-refractivity contribution < 1.29 is 13.9 Å². The van der Waals surface area contributed by atoms with E-state index >= 15 is 0 Å². The second-order valence-corrected chi connectivity index (χ2v) is 8.70. The van der Waals surface area contributed by atoms with Crippen molar-refractivity contribution in [1.82, 2.24) is 14.9 Å². The number of hydrogen-bond donors (Lipinski definition) is 1. The van der Waals surface area contributed by atoms with Gasteiger partial charge in [-0.25, -0.2) is 9.78 Å². The maximum absolute atomic E-state index is 14.5. The van der Waals surface area contributed by atoms with E-state index in [0.717, 1.165) is 4.47 Å². The number of halogens is 2. The van der Waals surface area contributed by atoms with Crippen LogP contribution in [0.1, 0.15) is 46.0 Å². The van der Waals surface area contributed by atoms with Gasteiger partial charge in [-0.2, -0.15) is 4.39 Å². The molecule has 2 atom stereocenters. The predicted molar refractivity (Wildman–Crippen MR) is 101 cm³/mol. The number of likely N-dealkylation sites (tertiary alicyclic amines) is 1. The Morgan fingerprint density at radius 2 is 2.00 bits per heavy atom. The molecule has 1 aliphatic heterocycles. The van der Waals surface area contributed by atoms with Crippen molar-refractivity contribution in [3.8, 4) is 11.3 Å². The molecule has 140 valence electrons. The number of imidazole rings is 1. The van der Waals surface area contributed by atoms with Gasteiger partial charge in [0.15, 0.2) is 0 Å². The highest BCUT2D eigenvalue weighted by atomic mass is 79.9. The second kappa shape index (κ2) is 7.02. The van der Waals surface area contributed by atoms with Crippen LogP contribution in [0.2, 0.25) is 0 Å². The van der Waals surface area contributed by atoms with Crippen LogP contribution in [-0.2, 0) is 4.74 Å².